The molecule has 0 aliphatic carbocycles. The third-order valence-corrected chi connectivity index (χ3v) is 5.51. The van der Waals surface area contributed by atoms with E-state index in [0.29, 0.717) is 22.9 Å². The molecule has 1 aromatic heterocycles. The molecule has 1 amide bonds. The standard InChI is InChI=1S/C27H31N3O4/c1-16(2)13-23-22(14-28)24(20-9-5-17(3)6-10-20)25(18(4)29-23)30-27(33)34-15-19-7-11-21(12-8-19)26(31)32/h5-12,16H,13-15,28H2,1-4H3,(H,30,33)(H,31,32). The summed E-state index contributed by atoms with van der Waals surface area (Å²) in [7, 11) is 0. The van der Waals surface area contributed by atoms with Crippen molar-refractivity contribution < 1.29 is 19.4 Å². The fraction of sp³-hybridized carbons (Fsp3) is 0.296. The quantitative estimate of drug-likeness (QED) is 0.410. The number of carboxylic acid groups (broad SMARTS) is 1. The zero-order valence-electron chi connectivity index (χ0n) is 20.0. The predicted molar refractivity (Wildman–Crippen MR) is 133 cm³/mol. The molecule has 0 aliphatic heterocycles. The van der Waals surface area contributed by atoms with Crippen molar-refractivity contribution in [2.45, 2.75) is 47.3 Å². The van der Waals surface area contributed by atoms with Gasteiger partial charge in [0.05, 0.1) is 16.9 Å². The highest BCUT2D eigenvalue weighted by Crippen LogP contribution is 2.36. The minimum Gasteiger partial charge on any atom is -0.478 e. The van der Waals surface area contributed by atoms with Crippen molar-refractivity contribution in [3.63, 3.8) is 0 Å². The molecule has 2 aromatic carbocycles. The first-order valence-electron chi connectivity index (χ1n) is 11.2. The number of pyridine rings is 1. The Bertz CT molecular complexity index is 1170. The maximum atomic E-state index is 12.7. The first kappa shape index (κ1) is 24.9. The first-order valence-corrected chi connectivity index (χ1v) is 11.2. The Morgan fingerprint density at radius 3 is 2.26 bits per heavy atom. The Kier molecular flexibility index (Phi) is 8.02. The zero-order chi connectivity index (χ0) is 24.8. The van der Waals surface area contributed by atoms with E-state index in [1.54, 1.807) is 12.1 Å². The summed E-state index contributed by atoms with van der Waals surface area (Å²) in [5.74, 6) is -0.604. The Balaban J connectivity index is 1.92. The largest absolute Gasteiger partial charge is 0.478 e. The number of rotatable bonds is 8. The number of nitrogens with zero attached hydrogens (tertiary/aromatic N) is 1. The Morgan fingerprint density at radius 1 is 1.06 bits per heavy atom. The molecule has 0 saturated carbocycles. The van der Waals surface area contributed by atoms with E-state index in [-0.39, 0.29) is 18.7 Å². The second-order valence-electron chi connectivity index (χ2n) is 8.74. The lowest BCUT2D eigenvalue weighted by Gasteiger charge is -2.21. The number of benzene rings is 2. The van der Waals surface area contributed by atoms with Crippen LogP contribution in [0.1, 0.15) is 52.3 Å². The molecule has 3 rings (SSSR count). The number of aromatic nitrogens is 1. The number of aryl methyl sites for hydroxylation is 2. The van der Waals surface area contributed by atoms with Gasteiger partial charge in [-0.1, -0.05) is 55.8 Å². The molecule has 0 spiro atoms. The summed E-state index contributed by atoms with van der Waals surface area (Å²) < 4.78 is 5.41. The summed E-state index contributed by atoms with van der Waals surface area (Å²) in [6.45, 7) is 8.45. The molecule has 3 aromatic rings. The summed E-state index contributed by atoms with van der Waals surface area (Å²) in [5, 5.41) is 11.9. The van der Waals surface area contributed by atoms with Crippen LogP contribution in [0.15, 0.2) is 48.5 Å². The van der Waals surface area contributed by atoms with Crippen molar-refractivity contribution >= 4 is 17.7 Å². The molecule has 1 heterocycles. The number of amides is 1. The molecular formula is C27H31N3O4. The molecule has 4 N–H and O–H groups in total. The number of aromatic carboxylic acids is 1. The summed E-state index contributed by atoms with van der Waals surface area (Å²) in [5.41, 5.74) is 13.1. The highest BCUT2D eigenvalue weighted by molar-refractivity contribution is 5.94. The average molecular weight is 462 g/mol. The number of hydrogen-bond acceptors (Lipinski definition) is 5. The fourth-order valence-electron chi connectivity index (χ4n) is 3.80. The number of nitrogens with two attached hydrogens (primary N) is 1. The van der Waals surface area contributed by atoms with Crippen molar-refractivity contribution in [2.75, 3.05) is 5.32 Å². The van der Waals surface area contributed by atoms with Gasteiger partial charge in [0.1, 0.15) is 6.61 Å². The third-order valence-electron chi connectivity index (χ3n) is 5.51. The summed E-state index contributed by atoms with van der Waals surface area (Å²) in [4.78, 5) is 28.5. The van der Waals surface area contributed by atoms with Gasteiger partial charge in [-0.2, -0.15) is 0 Å². The van der Waals surface area contributed by atoms with E-state index in [0.717, 1.165) is 34.4 Å². The Hall–Kier alpha value is -3.71. The monoisotopic (exact) mass is 461 g/mol. The van der Waals surface area contributed by atoms with Gasteiger partial charge in [0.15, 0.2) is 0 Å². The van der Waals surface area contributed by atoms with Gasteiger partial charge in [0, 0.05) is 17.8 Å². The van der Waals surface area contributed by atoms with Crippen molar-refractivity contribution in [2.24, 2.45) is 11.7 Å². The van der Waals surface area contributed by atoms with Gasteiger partial charge < -0.3 is 15.6 Å². The molecule has 0 fully saturated rings. The van der Waals surface area contributed by atoms with Crippen LogP contribution in [0.5, 0.6) is 0 Å². The molecule has 34 heavy (non-hydrogen) atoms. The van der Waals surface area contributed by atoms with E-state index in [4.69, 9.17) is 20.6 Å². The topological polar surface area (TPSA) is 115 Å². The van der Waals surface area contributed by atoms with Gasteiger partial charge in [-0.25, -0.2) is 9.59 Å². The number of carbonyl (C=O) groups excluding carboxylic acids is 1. The predicted octanol–water partition coefficient (Wildman–Crippen LogP) is 5.47. The van der Waals surface area contributed by atoms with Crippen LogP contribution in [0, 0.1) is 19.8 Å². The van der Waals surface area contributed by atoms with Crippen molar-refractivity contribution in [3.05, 3.63) is 82.2 Å². The highest BCUT2D eigenvalue weighted by atomic mass is 16.5. The highest BCUT2D eigenvalue weighted by Gasteiger charge is 2.21. The van der Waals surface area contributed by atoms with Crippen molar-refractivity contribution in [3.8, 4) is 11.1 Å². The lowest BCUT2D eigenvalue weighted by Crippen LogP contribution is -2.18. The van der Waals surface area contributed by atoms with Gasteiger partial charge >= 0.3 is 12.1 Å². The van der Waals surface area contributed by atoms with E-state index < -0.39 is 12.1 Å². The van der Waals surface area contributed by atoms with Gasteiger partial charge in [0.25, 0.3) is 0 Å². The van der Waals surface area contributed by atoms with Crippen LogP contribution >= 0.6 is 0 Å². The van der Waals surface area contributed by atoms with Gasteiger partial charge in [-0.05, 0) is 55.0 Å². The zero-order valence-corrected chi connectivity index (χ0v) is 20.0. The fourth-order valence-corrected chi connectivity index (χ4v) is 3.80. The minimum atomic E-state index is -1.01. The number of carboxylic acids is 1. The molecule has 178 valence electrons. The maximum Gasteiger partial charge on any atom is 0.412 e. The van der Waals surface area contributed by atoms with E-state index in [1.165, 1.54) is 12.1 Å². The Morgan fingerprint density at radius 2 is 1.71 bits per heavy atom. The van der Waals surface area contributed by atoms with Crippen LogP contribution in [0.3, 0.4) is 0 Å². The smallest absolute Gasteiger partial charge is 0.412 e. The van der Waals surface area contributed by atoms with Crippen LogP contribution in [0.2, 0.25) is 0 Å². The number of ether oxygens (including phenoxy) is 1. The van der Waals surface area contributed by atoms with Crippen LogP contribution in [-0.4, -0.2) is 22.2 Å². The minimum absolute atomic E-state index is 0.00720. The molecule has 0 radical (unpaired) electrons. The number of carbonyl (C=O) groups is 2. The molecular weight excluding hydrogens is 430 g/mol. The maximum absolute atomic E-state index is 12.7. The normalized spacial score (nSPS) is 10.9. The summed E-state index contributed by atoms with van der Waals surface area (Å²) >= 11 is 0. The molecule has 7 nitrogen and oxygen atoms in total. The molecule has 0 unspecified atom stereocenters. The second kappa shape index (κ2) is 10.9. The van der Waals surface area contributed by atoms with Crippen molar-refractivity contribution in [1.29, 1.82) is 0 Å². The first-order chi connectivity index (χ1) is 16.2. The van der Waals surface area contributed by atoms with Gasteiger partial charge in [-0.3, -0.25) is 10.3 Å². The number of nitrogens with one attached hydrogen (secondary N) is 1. The van der Waals surface area contributed by atoms with E-state index in [2.05, 4.69) is 19.2 Å². The summed E-state index contributed by atoms with van der Waals surface area (Å²) in [6, 6.07) is 14.3. The summed E-state index contributed by atoms with van der Waals surface area (Å²) in [6.07, 6.45) is 0.156. The third kappa shape index (κ3) is 5.99. The van der Waals surface area contributed by atoms with Crippen LogP contribution in [0.25, 0.3) is 11.1 Å². The van der Waals surface area contributed by atoms with Crippen LogP contribution < -0.4 is 11.1 Å². The lowest BCUT2D eigenvalue weighted by molar-refractivity contribution is 0.0696. The molecule has 0 atom stereocenters. The van der Waals surface area contributed by atoms with E-state index >= 15 is 0 Å². The van der Waals surface area contributed by atoms with Gasteiger partial charge in [-0.15, -0.1) is 0 Å². The van der Waals surface area contributed by atoms with E-state index in [9.17, 15) is 9.59 Å². The second-order valence-corrected chi connectivity index (χ2v) is 8.74. The average Bonchev–Trinajstić information content (AvgIpc) is 2.79. The molecule has 7 heteroatoms. The van der Waals surface area contributed by atoms with E-state index in [1.807, 2.05) is 38.1 Å². The molecule has 0 aliphatic rings. The number of hydrogen-bond donors (Lipinski definition) is 3. The van der Waals surface area contributed by atoms with Crippen LogP contribution in [0.4, 0.5) is 10.5 Å². The Labute approximate surface area is 200 Å². The molecule has 0 saturated heterocycles. The van der Waals surface area contributed by atoms with Crippen molar-refractivity contribution in [1.82, 2.24) is 4.98 Å². The van der Waals surface area contributed by atoms with Gasteiger partial charge in [0.2, 0.25) is 0 Å². The number of anilines is 1. The lowest BCUT2D eigenvalue weighted by atomic mass is 9.92. The SMILES string of the molecule is Cc1ccc(-c2c(CN)c(CC(C)C)nc(C)c2NC(=O)OCc2ccc(C(=O)O)cc2)cc1. The molecule has 0 bridgehead atoms. The van der Waals surface area contributed by atoms with Crippen LogP contribution in [-0.2, 0) is 24.3 Å².